The minimum atomic E-state index is -0.145. The monoisotopic (exact) mass is 425 g/mol. The molecule has 0 bridgehead atoms. The molecule has 0 atom stereocenters. The van der Waals surface area contributed by atoms with E-state index in [1.807, 2.05) is 30.3 Å². The van der Waals surface area contributed by atoms with Crippen molar-refractivity contribution in [3.63, 3.8) is 0 Å². The second-order valence-corrected chi connectivity index (χ2v) is 8.13. The van der Waals surface area contributed by atoms with Gasteiger partial charge in [-0.25, -0.2) is 4.98 Å². The molecule has 0 aliphatic heterocycles. The fourth-order valence-electron chi connectivity index (χ4n) is 3.42. The van der Waals surface area contributed by atoms with Gasteiger partial charge in [0.15, 0.2) is 5.13 Å². The van der Waals surface area contributed by atoms with Crippen LogP contribution in [0.2, 0.25) is 0 Å². The number of hydrogen-bond acceptors (Lipinski definition) is 6. The number of benzene rings is 2. The van der Waals surface area contributed by atoms with Gasteiger partial charge < -0.3 is 0 Å². The van der Waals surface area contributed by atoms with E-state index in [-0.39, 0.29) is 5.91 Å². The van der Waals surface area contributed by atoms with Crippen molar-refractivity contribution in [1.29, 1.82) is 0 Å². The quantitative estimate of drug-likeness (QED) is 0.394. The highest BCUT2D eigenvalue weighted by molar-refractivity contribution is 7.22. The maximum absolute atomic E-state index is 13.6. The number of fused-ring (bicyclic) bond motifs is 2. The standard InChI is InChI=1S/C24H19N5OS/c1-2-16-6-8-20-22(13-16)31-24(28-20)29(15-18-5-3-4-10-25-18)23(30)17-7-9-19-21(14-17)27-12-11-26-19/h3-14H,2,15H2,1H3. The first-order chi connectivity index (χ1) is 15.2. The molecule has 0 aliphatic carbocycles. The van der Waals surface area contributed by atoms with E-state index in [2.05, 4.69) is 34.0 Å². The van der Waals surface area contributed by atoms with E-state index in [1.165, 1.54) is 16.9 Å². The highest BCUT2D eigenvalue weighted by Crippen LogP contribution is 2.31. The second kappa shape index (κ2) is 8.20. The number of pyridine rings is 1. The van der Waals surface area contributed by atoms with Gasteiger partial charge in [-0.2, -0.15) is 0 Å². The summed E-state index contributed by atoms with van der Waals surface area (Å²) in [5.74, 6) is -0.145. The average Bonchev–Trinajstić information content (AvgIpc) is 3.25. The van der Waals surface area contributed by atoms with Crippen LogP contribution in [-0.4, -0.2) is 25.8 Å². The van der Waals surface area contributed by atoms with Crippen LogP contribution in [0.15, 0.2) is 73.2 Å². The molecule has 2 aromatic carbocycles. The Labute approximate surface area is 183 Å². The van der Waals surface area contributed by atoms with Crippen LogP contribution in [0, 0.1) is 0 Å². The third-order valence-electron chi connectivity index (χ3n) is 5.09. The summed E-state index contributed by atoms with van der Waals surface area (Å²) in [6.45, 7) is 2.46. The maximum Gasteiger partial charge on any atom is 0.260 e. The summed E-state index contributed by atoms with van der Waals surface area (Å²) in [5.41, 5.74) is 4.91. The Kier molecular flexibility index (Phi) is 5.09. The van der Waals surface area contributed by atoms with Crippen LogP contribution in [0.25, 0.3) is 21.3 Å². The maximum atomic E-state index is 13.6. The lowest BCUT2D eigenvalue weighted by molar-refractivity contribution is 0.0985. The van der Waals surface area contributed by atoms with E-state index in [4.69, 9.17) is 4.98 Å². The number of amides is 1. The van der Waals surface area contributed by atoms with Crippen LogP contribution in [0.3, 0.4) is 0 Å². The van der Waals surface area contributed by atoms with Crippen molar-refractivity contribution in [2.45, 2.75) is 19.9 Å². The molecule has 5 aromatic rings. The van der Waals surface area contributed by atoms with Crippen LogP contribution in [-0.2, 0) is 13.0 Å². The Balaban J connectivity index is 1.58. The number of carbonyl (C=O) groups excluding carboxylic acids is 1. The molecule has 0 radical (unpaired) electrons. The lowest BCUT2D eigenvalue weighted by atomic mass is 10.1. The van der Waals surface area contributed by atoms with Gasteiger partial charge in [0.05, 0.1) is 33.5 Å². The Morgan fingerprint density at radius 2 is 1.74 bits per heavy atom. The number of hydrogen-bond donors (Lipinski definition) is 0. The van der Waals surface area contributed by atoms with E-state index in [0.717, 1.165) is 27.8 Å². The molecule has 0 saturated carbocycles. The van der Waals surface area contributed by atoms with Crippen molar-refractivity contribution in [3.8, 4) is 0 Å². The van der Waals surface area contributed by atoms with Crippen molar-refractivity contribution in [2.24, 2.45) is 0 Å². The number of aromatic nitrogens is 4. The van der Waals surface area contributed by atoms with Crippen LogP contribution in [0.1, 0.15) is 28.5 Å². The van der Waals surface area contributed by atoms with E-state index < -0.39 is 0 Å². The van der Waals surface area contributed by atoms with Crippen LogP contribution in [0.5, 0.6) is 0 Å². The Hall–Kier alpha value is -3.71. The number of nitrogens with zero attached hydrogens (tertiary/aromatic N) is 5. The molecular formula is C24H19N5OS. The van der Waals surface area contributed by atoms with Gasteiger partial charge in [0.2, 0.25) is 0 Å². The number of anilines is 1. The largest absolute Gasteiger partial charge is 0.278 e. The van der Waals surface area contributed by atoms with Crippen LogP contribution >= 0.6 is 11.3 Å². The van der Waals surface area contributed by atoms with Gasteiger partial charge in [-0.3, -0.25) is 24.6 Å². The van der Waals surface area contributed by atoms with Crippen molar-refractivity contribution < 1.29 is 4.79 Å². The van der Waals surface area contributed by atoms with Crippen molar-refractivity contribution in [2.75, 3.05) is 4.90 Å². The number of rotatable bonds is 5. The molecule has 0 saturated heterocycles. The molecule has 0 aliphatic rings. The van der Waals surface area contributed by atoms with Gasteiger partial charge in [-0.1, -0.05) is 30.4 Å². The molecular weight excluding hydrogens is 406 g/mol. The molecule has 5 rings (SSSR count). The van der Waals surface area contributed by atoms with E-state index in [1.54, 1.807) is 35.6 Å². The zero-order valence-corrected chi connectivity index (χ0v) is 17.7. The van der Waals surface area contributed by atoms with Crippen LogP contribution < -0.4 is 4.90 Å². The number of thiazole rings is 1. The lowest BCUT2D eigenvalue weighted by Gasteiger charge is -2.19. The summed E-state index contributed by atoms with van der Waals surface area (Å²) in [6.07, 6.45) is 5.96. The zero-order valence-electron chi connectivity index (χ0n) is 16.9. The van der Waals surface area contributed by atoms with Gasteiger partial charge in [0.1, 0.15) is 0 Å². The van der Waals surface area contributed by atoms with Gasteiger partial charge in [-0.05, 0) is 54.4 Å². The van der Waals surface area contributed by atoms with Crippen molar-refractivity contribution in [3.05, 3.63) is 90.0 Å². The SMILES string of the molecule is CCc1ccc2nc(N(Cc3ccccn3)C(=O)c3ccc4nccnc4c3)sc2c1. The first-order valence-corrected chi connectivity index (χ1v) is 10.8. The third kappa shape index (κ3) is 3.87. The minimum Gasteiger partial charge on any atom is -0.278 e. The molecule has 0 unspecified atom stereocenters. The summed E-state index contributed by atoms with van der Waals surface area (Å²) in [4.78, 5) is 33.1. The highest BCUT2D eigenvalue weighted by atomic mass is 32.1. The second-order valence-electron chi connectivity index (χ2n) is 7.12. The minimum absolute atomic E-state index is 0.145. The number of aryl methyl sites for hydroxylation is 1. The molecule has 0 spiro atoms. The Bertz CT molecular complexity index is 1380. The zero-order chi connectivity index (χ0) is 21.2. The fraction of sp³-hybridized carbons (Fsp3) is 0.125. The van der Waals surface area contributed by atoms with Gasteiger partial charge in [-0.15, -0.1) is 0 Å². The van der Waals surface area contributed by atoms with Gasteiger partial charge in [0, 0.05) is 24.2 Å². The molecule has 0 N–H and O–H groups in total. The topological polar surface area (TPSA) is 71.9 Å². The highest BCUT2D eigenvalue weighted by Gasteiger charge is 2.23. The van der Waals surface area contributed by atoms with Crippen molar-refractivity contribution in [1.82, 2.24) is 19.9 Å². The summed E-state index contributed by atoms with van der Waals surface area (Å²) < 4.78 is 1.07. The van der Waals surface area contributed by atoms with Crippen molar-refractivity contribution >= 4 is 43.6 Å². The Morgan fingerprint density at radius 1 is 0.903 bits per heavy atom. The molecule has 3 aromatic heterocycles. The number of carbonyl (C=O) groups is 1. The van der Waals surface area contributed by atoms with Crippen LogP contribution in [0.4, 0.5) is 5.13 Å². The van der Waals surface area contributed by atoms with Gasteiger partial charge >= 0.3 is 0 Å². The fourth-order valence-corrected chi connectivity index (χ4v) is 4.45. The normalized spacial score (nSPS) is 11.1. The molecule has 6 nitrogen and oxygen atoms in total. The molecule has 1 amide bonds. The smallest absolute Gasteiger partial charge is 0.260 e. The summed E-state index contributed by atoms with van der Waals surface area (Å²) in [7, 11) is 0. The summed E-state index contributed by atoms with van der Waals surface area (Å²) >= 11 is 1.52. The third-order valence-corrected chi connectivity index (χ3v) is 6.13. The predicted molar refractivity (Wildman–Crippen MR) is 123 cm³/mol. The molecule has 7 heteroatoms. The van der Waals surface area contributed by atoms with E-state index in [0.29, 0.717) is 22.8 Å². The molecule has 152 valence electrons. The predicted octanol–water partition coefficient (Wildman–Crippen LogP) is 5.04. The molecule has 3 heterocycles. The lowest BCUT2D eigenvalue weighted by Crippen LogP contribution is -2.30. The summed E-state index contributed by atoms with van der Waals surface area (Å²) in [6, 6.07) is 17.3. The molecule has 31 heavy (non-hydrogen) atoms. The Morgan fingerprint density at radius 3 is 2.55 bits per heavy atom. The summed E-state index contributed by atoms with van der Waals surface area (Å²) in [5, 5.41) is 0.651. The first-order valence-electron chi connectivity index (χ1n) is 10.0. The van der Waals surface area contributed by atoms with E-state index in [9.17, 15) is 4.79 Å². The molecule has 0 fully saturated rings. The first kappa shape index (κ1) is 19.3. The van der Waals surface area contributed by atoms with E-state index >= 15 is 0 Å². The van der Waals surface area contributed by atoms with Gasteiger partial charge in [0.25, 0.3) is 5.91 Å². The average molecular weight is 426 g/mol.